The summed E-state index contributed by atoms with van der Waals surface area (Å²) in [6.45, 7) is 6.03. The highest BCUT2D eigenvalue weighted by Crippen LogP contribution is 2.26. The molecule has 2 heterocycles. The number of carbonyl (C=O) groups is 1. The molecule has 0 spiro atoms. The van der Waals surface area contributed by atoms with Crippen LogP contribution >= 0.6 is 0 Å². The van der Waals surface area contributed by atoms with E-state index in [1.807, 2.05) is 17.9 Å². The SMILES string of the molecule is Cc1cc(CN2CCN(C(=O)[C@@H]3CCC[C@@H]3N)CC2)on1. The monoisotopic (exact) mass is 292 g/mol. The maximum absolute atomic E-state index is 12.5. The summed E-state index contributed by atoms with van der Waals surface area (Å²) in [5.74, 6) is 1.20. The van der Waals surface area contributed by atoms with Gasteiger partial charge in [-0.25, -0.2) is 0 Å². The van der Waals surface area contributed by atoms with E-state index in [-0.39, 0.29) is 17.9 Å². The van der Waals surface area contributed by atoms with Crippen molar-refractivity contribution < 1.29 is 9.32 Å². The third-order valence-electron chi connectivity index (χ3n) is 4.63. The van der Waals surface area contributed by atoms with E-state index in [1.165, 1.54) is 0 Å². The van der Waals surface area contributed by atoms with Crippen LogP contribution in [0.2, 0.25) is 0 Å². The predicted octanol–water partition coefficient (Wildman–Crippen LogP) is 0.755. The average molecular weight is 292 g/mol. The maximum Gasteiger partial charge on any atom is 0.227 e. The number of rotatable bonds is 3. The first-order valence-corrected chi connectivity index (χ1v) is 7.82. The fourth-order valence-electron chi connectivity index (χ4n) is 3.37. The second-order valence-electron chi connectivity index (χ2n) is 6.24. The van der Waals surface area contributed by atoms with Crippen molar-refractivity contribution in [2.24, 2.45) is 11.7 Å². The molecule has 6 heteroatoms. The summed E-state index contributed by atoms with van der Waals surface area (Å²) < 4.78 is 5.25. The summed E-state index contributed by atoms with van der Waals surface area (Å²) in [5, 5.41) is 3.91. The zero-order valence-electron chi connectivity index (χ0n) is 12.6. The fourth-order valence-corrected chi connectivity index (χ4v) is 3.37. The average Bonchev–Trinajstić information content (AvgIpc) is 3.08. The Balaban J connectivity index is 1.49. The third-order valence-corrected chi connectivity index (χ3v) is 4.63. The lowest BCUT2D eigenvalue weighted by molar-refractivity contribution is -0.137. The molecule has 1 saturated carbocycles. The van der Waals surface area contributed by atoms with Crippen LogP contribution in [0.1, 0.15) is 30.7 Å². The first kappa shape index (κ1) is 14.5. The molecule has 2 aliphatic rings. The molecule has 0 bridgehead atoms. The molecule has 0 aromatic carbocycles. The minimum Gasteiger partial charge on any atom is -0.360 e. The van der Waals surface area contributed by atoms with Crippen molar-refractivity contribution in [3.8, 4) is 0 Å². The number of hydrogen-bond acceptors (Lipinski definition) is 5. The Labute approximate surface area is 125 Å². The Morgan fingerprint density at radius 1 is 1.38 bits per heavy atom. The van der Waals surface area contributed by atoms with Crippen LogP contribution in [0.5, 0.6) is 0 Å². The van der Waals surface area contributed by atoms with Crippen LogP contribution in [0.4, 0.5) is 0 Å². The fraction of sp³-hybridized carbons (Fsp3) is 0.733. The van der Waals surface area contributed by atoms with E-state index >= 15 is 0 Å². The van der Waals surface area contributed by atoms with Crippen LogP contribution in [-0.4, -0.2) is 53.1 Å². The third kappa shape index (κ3) is 3.27. The van der Waals surface area contributed by atoms with Crippen LogP contribution in [-0.2, 0) is 11.3 Å². The standard InChI is InChI=1S/C15H24N4O2/c1-11-9-12(21-17-11)10-18-5-7-19(8-6-18)15(20)13-3-2-4-14(13)16/h9,13-14H,2-8,10,16H2,1H3/t13-,14+/m1/s1. The summed E-state index contributed by atoms with van der Waals surface area (Å²) in [4.78, 5) is 16.8. The van der Waals surface area contributed by atoms with Crippen molar-refractivity contribution in [2.45, 2.75) is 38.8 Å². The number of hydrogen-bond donors (Lipinski definition) is 1. The van der Waals surface area contributed by atoms with Gasteiger partial charge in [-0.2, -0.15) is 0 Å². The van der Waals surface area contributed by atoms with Gasteiger partial charge >= 0.3 is 0 Å². The van der Waals surface area contributed by atoms with Gasteiger partial charge in [-0.3, -0.25) is 9.69 Å². The van der Waals surface area contributed by atoms with E-state index in [9.17, 15) is 4.79 Å². The van der Waals surface area contributed by atoms with Gasteiger partial charge in [-0.15, -0.1) is 0 Å². The minimum absolute atomic E-state index is 0.0495. The second-order valence-corrected chi connectivity index (χ2v) is 6.24. The molecular weight excluding hydrogens is 268 g/mol. The predicted molar refractivity (Wildman–Crippen MR) is 78.4 cm³/mol. The first-order valence-electron chi connectivity index (χ1n) is 7.82. The normalized spacial score (nSPS) is 27.2. The molecule has 116 valence electrons. The van der Waals surface area contributed by atoms with Crippen molar-refractivity contribution in [1.29, 1.82) is 0 Å². The lowest BCUT2D eigenvalue weighted by Gasteiger charge is -2.36. The van der Waals surface area contributed by atoms with Gasteiger partial charge in [-0.1, -0.05) is 11.6 Å². The summed E-state index contributed by atoms with van der Waals surface area (Å²) in [7, 11) is 0. The molecule has 1 aliphatic heterocycles. The van der Waals surface area contributed by atoms with E-state index in [0.29, 0.717) is 0 Å². The molecule has 0 radical (unpaired) electrons. The molecule has 1 aliphatic carbocycles. The number of nitrogens with two attached hydrogens (primary N) is 1. The molecule has 1 aromatic heterocycles. The van der Waals surface area contributed by atoms with Gasteiger partial charge in [0.25, 0.3) is 0 Å². The van der Waals surface area contributed by atoms with Gasteiger partial charge in [0.05, 0.1) is 18.2 Å². The van der Waals surface area contributed by atoms with E-state index in [0.717, 1.165) is 63.4 Å². The van der Waals surface area contributed by atoms with Gasteiger partial charge < -0.3 is 15.2 Å². The van der Waals surface area contributed by atoms with Crippen molar-refractivity contribution >= 4 is 5.91 Å². The maximum atomic E-state index is 12.5. The van der Waals surface area contributed by atoms with E-state index in [1.54, 1.807) is 0 Å². The Morgan fingerprint density at radius 2 is 2.14 bits per heavy atom. The topological polar surface area (TPSA) is 75.6 Å². The molecule has 1 saturated heterocycles. The van der Waals surface area contributed by atoms with E-state index < -0.39 is 0 Å². The summed E-state index contributed by atoms with van der Waals surface area (Å²) in [5.41, 5.74) is 6.95. The zero-order valence-corrected chi connectivity index (χ0v) is 12.6. The van der Waals surface area contributed by atoms with Crippen LogP contribution < -0.4 is 5.73 Å². The van der Waals surface area contributed by atoms with Crippen molar-refractivity contribution in [2.75, 3.05) is 26.2 Å². The van der Waals surface area contributed by atoms with Gasteiger partial charge in [0, 0.05) is 38.3 Å². The van der Waals surface area contributed by atoms with E-state index in [2.05, 4.69) is 10.1 Å². The van der Waals surface area contributed by atoms with E-state index in [4.69, 9.17) is 10.3 Å². The molecule has 2 atom stereocenters. The summed E-state index contributed by atoms with van der Waals surface area (Å²) in [6, 6.07) is 2.03. The molecule has 3 rings (SSSR count). The molecule has 2 fully saturated rings. The number of piperazine rings is 1. The smallest absolute Gasteiger partial charge is 0.227 e. The van der Waals surface area contributed by atoms with Gasteiger partial charge in [-0.05, 0) is 19.8 Å². The quantitative estimate of drug-likeness (QED) is 0.890. The minimum atomic E-state index is 0.0495. The number of aryl methyl sites for hydroxylation is 1. The summed E-state index contributed by atoms with van der Waals surface area (Å²) in [6.07, 6.45) is 3.03. The molecule has 0 unspecified atom stereocenters. The Morgan fingerprint density at radius 3 is 2.71 bits per heavy atom. The number of aromatic nitrogens is 1. The summed E-state index contributed by atoms with van der Waals surface area (Å²) >= 11 is 0. The molecule has 2 N–H and O–H groups in total. The van der Waals surface area contributed by atoms with Gasteiger partial charge in [0.1, 0.15) is 0 Å². The second kappa shape index (κ2) is 6.15. The first-order chi connectivity index (χ1) is 10.1. The molecule has 21 heavy (non-hydrogen) atoms. The Hall–Kier alpha value is -1.40. The molecule has 1 amide bonds. The van der Waals surface area contributed by atoms with Crippen LogP contribution in [0.25, 0.3) is 0 Å². The lowest BCUT2D eigenvalue weighted by atomic mass is 10.0. The molecular formula is C15H24N4O2. The van der Waals surface area contributed by atoms with Crippen LogP contribution in [0.15, 0.2) is 10.6 Å². The highest BCUT2D eigenvalue weighted by molar-refractivity contribution is 5.80. The molecule has 6 nitrogen and oxygen atoms in total. The van der Waals surface area contributed by atoms with Crippen molar-refractivity contribution in [3.63, 3.8) is 0 Å². The highest BCUT2D eigenvalue weighted by Gasteiger charge is 2.34. The Bertz CT molecular complexity index is 494. The number of amides is 1. The van der Waals surface area contributed by atoms with Gasteiger partial charge in [0.2, 0.25) is 5.91 Å². The van der Waals surface area contributed by atoms with Gasteiger partial charge in [0.15, 0.2) is 5.76 Å². The highest BCUT2D eigenvalue weighted by atomic mass is 16.5. The van der Waals surface area contributed by atoms with Crippen LogP contribution in [0, 0.1) is 12.8 Å². The molecule has 1 aromatic rings. The lowest BCUT2D eigenvalue weighted by Crippen LogP contribution is -2.51. The van der Waals surface area contributed by atoms with Crippen molar-refractivity contribution in [3.05, 3.63) is 17.5 Å². The van der Waals surface area contributed by atoms with Crippen LogP contribution in [0.3, 0.4) is 0 Å². The number of carbonyl (C=O) groups excluding carboxylic acids is 1. The van der Waals surface area contributed by atoms with Crippen molar-refractivity contribution in [1.82, 2.24) is 15.0 Å². The number of nitrogens with zero attached hydrogens (tertiary/aromatic N) is 3. The largest absolute Gasteiger partial charge is 0.360 e. The zero-order chi connectivity index (χ0) is 14.8. The Kier molecular flexibility index (Phi) is 4.26.